The molecule has 4 nitrogen and oxygen atoms in total. The van der Waals surface area contributed by atoms with Crippen LogP contribution >= 0.6 is 15.9 Å². The van der Waals surface area contributed by atoms with Crippen molar-refractivity contribution in [2.75, 3.05) is 7.11 Å². The third kappa shape index (κ3) is 2.32. The highest BCUT2D eigenvalue weighted by Crippen LogP contribution is 2.37. The highest BCUT2D eigenvalue weighted by molar-refractivity contribution is 9.10. The standard InChI is InChI=1S/C13H11BrO4/c1-17-12-5-9(14)4-8(6-15)13(12)11-3-2-10(7-16)18-11/h2-5,7,15H,6H2,1H3. The summed E-state index contributed by atoms with van der Waals surface area (Å²) in [5.74, 6) is 1.30. The number of hydrogen-bond donors (Lipinski definition) is 1. The maximum absolute atomic E-state index is 10.6. The summed E-state index contributed by atoms with van der Waals surface area (Å²) in [4.78, 5) is 10.6. The Morgan fingerprint density at radius 1 is 1.44 bits per heavy atom. The number of halogens is 1. The highest BCUT2D eigenvalue weighted by Gasteiger charge is 2.16. The summed E-state index contributed by atoms with van der Waals surface area (Å²) in [5, 5.41) is 9.40. The van der Waals surface area contributed by atoms with Gasteiger partial charge in [-0.2, -0.15) is 0 Å². The van der Waals surface area contributed by atoms with Gasteiger partial charge in [-0.15, -0.1) is 0 Å². The van der Waals surface area contributed by atoms with Crippen LogP contribution in [0.4, 0.5) is 0 Å². The fourth-order valence-corrected chi connectivity index (χ4v) is 2.24. The Hall–Kier alpha value is -1.59. The van der Waals surface area contributed by atoms with Crippen molar-refractivity contribution in [1.82, 2.24) is 0 Å². The number of rotatable bonds is 4. The zero-order valence-electron chi connectivity index (χ0n) is 9.64. The van der Waals surface area contributed by atoms with E-state index in [9.17, 15) is 9.90 Å². The number of aldehydes is 1. The van der Waals surface area contributed by atoms with E-state index in [2.05, 4.69) is 15.9 Å². The van der Waals surface area contributed by atoms with Gasteiger partial charge < -0.3 is 14.3 Å². The Morgan fingerprint density at radius 3 is 2.78 bits per heavy atom. The predicted octanol–water partition coefficient (Wildman–Crippen LogP) is 3.02. The molecule has 0 aliphatic rings. The fourth-order valence-electron chi connectivity index (χ4n) is 1.75. The number of hydrogen-bond acceptors (Lipinski definition) is 4. The topological polar surface area (TPSA) is 59.7 Å². The van der Waals surface area contributed by atoms with Crippen molar-refractivity contribution < 1.29 is 19.1 Å². The summed E-state index contributed by atoms with van der Waals surface area (Å²) in [6, 6.07) is 6.80. The first-order valence-corrected chi connectivity index (χ1v) is 6.01. The van der Waals surface area contributed by atoms with Crippen LogP contribution in [0.2, 0.25) is 0 Å². The molecule has 18 heavy (non-hydrogen) atoms. The number of methoxy groups -OCH3 is 1. The Kier molecular flexibility index (Phi) is 3.84. The number of ether oxygens (including phenoxy) is 1. The van der Waals surface area contributed by atoms with Crippen molar-refractivity contribution >= 4 is 22.2 Å². The van der Waals surface area contributed by atoms with Crippen LogP contribution in [0.25, 0.3) is 11.3 Å². The molecule has 0 saturated heterocycles. The second kappa shape index (κ2) is 5.37. The van der Waals surface area contributed by atoms with Crippen molar-refractivity contribution in [2.45, 2.75) is 6.61 Å². The number of benzene rings is 1. The molecule has 0 radical (unpaired) electrons. The fraction of sp³-hybridized carbons (Fsp3) is 0.154. The van der Waals surface area contributed by atoms with Crippen LogP contribution in [0.1, 0.15) is 16.1 Å². The van der Waals surface area contributed by atoms with Crippen LogP contribution in [0.5, 0.6) is 5.75 Å². The van der Waals surface area contributed by atoms with Crippen LogP contribution in [0.15, 0.2) is 33.2 Å². The molecule has 2 rings (SSSR count). The summed E-state index contributed by atoms with van der Waals surface area (Å²) in [6.45, 7) is -0.151. The average Bonchev–Trinajstić information content (AvgIpc) is 2.85. The van der Waals surface area contributed by atoms with Crippen molar-refractivity contribution in [3.8, 4) is 17.1 Å². The maximum atomic E-state index is 10.6. The molecule has 0 spiro atoms. The van der Waals surface area contributed by atoms with Gasteiger partial charge in [0, 0.05) is 4.47 Å². The van der Waals surface area contributed by atoms with Crippen LogP contribution in [-0.4, -0.2) is 18.5 Å². The molecule has 1 aromatic heterocycles. The first kappa shape index (κ1) is 12.9. The largest absolute Gasteiger partial charge is 0.496 e. The molecule has 0 aliphatic heterocycles. The Morgan fingerprint density at radius 2 is 2.22 bits per heavy atom. The van der Waals surface area contributed by atoms with Crippen molar-refractivity contribution in [2.24, 2.45) is 0 Å². The Labute approximate surface area is 112 Å². The molecule has 5 heteroatoms. The molecule has 0 fully saturated rings. The molecule has 2 aromatic rings. The molecule has 94 valence electrons. The van der Waals surface area contributed by atoms with Crippen LogP contribution in [0.3, 0.4) is 0 Å². The van der Waals surface area contributed by atoms with Crippen LogP contribution < -0.4 is 4.74 Å². The Bertz CT molecular complexity index is 549. The molecule has 1 aromatic carbocycles. The lowest BCUT2D eigenvalue weighted by Gasteiger charge is -2.11. The molecule has 0 unspecified atom stereocenters. The lowest BCUT2D eigenvalue weighted by molar-refractivity contribution is 0.110. The van der Waals surface area contributed by atoms with Crippen LogP contribution in [-0.2, 0) is 6.61 Å². The zero-order chi connectivity index (χ0) is 13.1. The minimum absolute atomic E-state index is 0.151. The van der Waals surface area contributed by atoms with Gasteiger partial charge in [0.1, 0.15) is 11.5 Å². The molecule has 0 atom stereocenters. The highest BCUT2D eigenvalue weighted by atomic mass is 79.9. The van der Waals surface area contributed by atoms with Crippen molar-refractivity contribution in [1.29, 1.82) is 0 Å². The molecule has 0 bridgehead atoms. The number of carbonyl (C=O) groups is 1. The normalized spacial score (nSPS) is 10.4. The minimum Gasteiger partial charge on any atom is -0.496 e. The van der Waals surface area contributed by atoms with Gasteiger partial charge in [0.25, 0.3) is 0 Å². The number of aliphatic hydroxyl groups excluding tert-OH is 1. The first-order valence-electron chi connectivity index (χ1n) is 5.22. The minimum atomic E-state index is -0.151. The third-order valence-electron chi connectivity index (χ3n) is 2.53. The van der Waals surface area contributed by atoms with Gasteiger partial charge in [0.05, 0.1) is 19.3 Å². The van der Waals surface area contributed by atoms with E-state index in [1.165, 1.54) is 7.11 Å². The molecule has 0 amide bonds. The molecule has 1 N–H and O–H groups in total. The lowest BCUT2D eigenvalue weighted by Crippen LogP contribution is -1.94. The van der Waals surface area contributed by atoms with Gasteiger partial charge in [0.2, 0.25) is 0 Å². The van der Waals surface area contributed by atoms with E-state index in [4.69, 9.17) is 9.15 Å². The van der Waals surface area contributed by atoms with Gasteiger partial charge in [-0.1, -0.05) is 15.9 Å². The van der Waals surface area contributed by atoms with E-state index in [-0.39, 0.29) is 12.4 Å². The van der Waals surface area contributed by atoms with Crippen molar-refractivity contribution in [3.63, 3.8) is 0 Å². The third-order valence-corrected chi connectivity index (χ3v) is 2.99. The molecular weight excluding hydrogens is 300 g/mol. The van der Waals surface area contributed by atoms with Gasteiger partial charge in [0.15, 0.2) is 12.0 Å². The van der Waals surface area contributed by atoms with E-state index in [1.54, 1.807) is 24.3 Å². The summed E-state index contributed by atoms with van der Waals surface area (Å²) < 4.78 is 11.4. The van der Waals surface area contributed by atoms with Crippen LogP contribution in [0, 0.1) is 0 Å². The van der Waals surface area contributed by atoms with Gasteiger partial charge >= 0.3 is 0 Å². The molecule has 0 aliphatic carbocycles. The van der Waals surface area contributed by atoms with E-state index in [1.807, 2.05) is 0 Å². The Balaban J connectivity index is 2.63. The molecule has 0 saturated carbocycles. The van der Waals surface area contributed by atoms with Gasteiger partial charge in [-0.3, -0.25) is 4.79 Å². The second-order valence-corrected chi connectivity index (χ2v) is 4.54. The predicted molar refractivity (Wildman–Crippen MR) is 69.7 cm³/mol. The summed E-state index contributed by atoms with van der Waals surface area (Å²) >= 11 is 3.34. The molecular formula is C13H11BrO4. The molecule has 1 heterocycles. The number of aliphatic hydroxyl groups is 1. The summed E-state index contributed by atoms with van der Waals surface area (Å²) in [6.07, 6.45) is 0.632. The lowest BCUT2D eigenvalue weighted by atomic mass is 10.0. The summed E-state index contributed by atoms with van der Waals surface area (Å²) in [7, 11) is 1.54. The zero-order valence-corrected chi connectivity index (χ0v) is 11.2. The number of carbonyl (C=O) groups excluding carboxylic acids is 1. The van der Waals surface area contributed by atoms with Gasteiger partial charge in [-0.25, -0.2) is 0 Å². The smallest absolute Gasteiger partial charge is 0.185 e. The van der Waals surface area contributed by atoms with Crippen molar-refractivity contribution in [3.05, 3.63) is 40.1 Å². The quantitative estimate of drug-likeness (QED) is 0.882. The summed E-state index contributed by atoms with van der Waals surface area (Å²) in [5.41, 5.74) is 1.31. The first-order chi connectivity index (χ1) is 8.69. The second-order valence-electron chi connectivity index (χ2n) is 3.62. The number of furan rings is 1. The monoisotopic (exact) mass is 310 g/mol. The maximum Gasteiger partial charge on any atom is 0.185 e. The van der Waals surface area contributed by atoms with E-state index < -0.39 is 0 Å². The van der Waals surface area contributed by atoms with Gasteiger partial charge in [-0.05, 0) is 29.8 Å². The van der Waals surface area contributed by atoms with E-state index >= 15 is 0 Å². The SMILES string of the molecule is COc1cc(Br)cc(CO)c1-c1ccc(C=O)o1. The average molecular weight is 311 g/mol. The van der Waals surface area contributed by atoms with E-state index in [0.717, 1.165) is 4.47 Å². The van der Waals surface area contributed by atoms with E-state index in [0.29, 0.717) is 28.9 Å².